The van der Waals surface area contributed by atoms with Gasteiger partial charge in [0, 0.05) is 6.07 Å². The van der Waals surface area contributed by atoms with E-state index < -0.39 is 0 Å². The van der Waals surface area contributed by atoms with Crippen LogP contribution in [0.5, 0.6) is 0 Å². The Balaban J connectivity index is 2.69. The van der Waals surface area contributed by atoms with E-state index in [2.05, 4.69) is 0 Å². The van der Waals surface area contributed by atoms with Gasteiger partial charge >= 0.3 is 0 Å². The summed E-state index contributed by atoms with van der Waals surface area (Å²) >= 11 is 5.99. The summed E-state index contributed by atoms with van der Waals surface area (Å²) in [5.41, 5.74) is 7.20. The summed E-state index contributed by atoms with van der Waals surface area (Å²) in [6, 6.07) is 10.4. The smallest absolute Gasteiger partial charge is 0.248 e. The van der Waals surface area contributed by atoms with Gasteiger partial charge in [0.2, 0.25) is 5.69 Å². The molecule has 15 heavy (non-hydrogen) atoms. The SMILES string of the molecule is Nc1ccc[n+]([O-])c1-c1ccccc1Cl. The highest BCUT2D eigenvalue weighted by Crippen LogP contribution is 2.28. The van der Waals surface area contributed by atoms with Crippen LogP contribution in [0.25, 0.3) is 11.3 Å². The zero-order valence-corrected chi connectivity index (χ0v) is 8.61. The molecule has 0 amide bonds. The summed E-state index contributed by atoms with van der Waals surface area (Å²) < 4.78 is 0.719. The van der Waals surface area contributed by atoms with Crippen molar-refractivity contribution in [3.8, 4) is 11.3 Å². The highest BCUT2D eigenvalue weighted by atomic mass is 35.5. The van der Waals surface area contributed by atoms with E-state index in [9.17, 15) is 5.21 Å². The van der Waals surface area contributed by atoms with Gasteiger partial charge in [-0.3, -0.25) is 0 Å². The number of hydrogen-bond acceptors (Lipinski definition) is 2. The second kappa shape index (κ2) is 3.79. The Morgan fingerprint density at radius 2 is 1.87 bits per heavy atom. The van der Waals surface area contributed by atoms with E-state index in [0.717, 1.165) is 4.73 Å². The number of aromatic nitrogens is 1. The lowest BCUT2D eigenvalue weighted by Crippen LogP contribution is -2.29. The minimum atomic E-state index is 0.392. The molecular weight excluding hydrogens is 212 g/mol. The first kappa shape index (κ1) is 9.80. The molecule has 0 unspecified atom stereocenters. The standard InChI is InChI=1S/C11H9ClN2O/c12-9-5-2-1-4-8(9)11-10(13)6-3-7-14(11)15/h1-7H,13H2. The first-order chi connectivity index (χ1) is 7.20. The van der Waals surface area contributed by atoms with E-state index in [1.165, 1.54) is 6.20 Å². The largest absolute Gasteiger partial charge is 0.618 e. The lowest BCUT2D eigenvalue weighted by Gasteiger charge is -2.07. The normalized spacial score (nSPS) is 10.2. The van der Waals surface area contributed by atoms with Crippen LogP contribution < -0.4 is 10.5 Å². The van der Waals surface area contributed by atoms with Crippen molar-refractivity contribution >= 4 is 17.3 Å². The number of hydrogen-bond donors (Lipinski definition) is 1. The third-order valence-corrected chi connectivity index (χ3v) is 2.45. The first-order valence-electron chi connectivity index (χ1n) is 4.42. The highest BCUT2D eigenvalue weighted by Gasteiger charge is 2.15. The monoisotopic (exact) mass is 220 g/mol. The molecule has 2 rings (SSSR count). The molecule has 0 aliphatic carbocycles. The van der Waals surface area contributed by atoms with Gasteiger partial charge in [-0.25, -0.2) is 0 Å². The molecule has 0 aliphatic rings. The fraction of sp³-hybridized carbons (Fsp3) is 0. The average Bonchev–Trinajstić information content (AvgIpc) is 2.20. The van der Waals surface area contributed by atoms with Crippen LogP contribution in [0.4, 0.5) is 5.69 Å². The summed E-state index contributed by atoms with van der Waals surface area (Å²) in [7, 11) is 0. The number of nitrogens with zero attached hydrogens (tertiary/aromatic N) is 1. The van der Waals surface area contributed by atoms with Crippen LogP contribution in [0.2, 0.25) is 5.02 Å². The predicted octanol–water partition coefficient (Wildman–Crippen LogP) is 2.22. The van der Waals surface area contributed by atoms with Crippen molar-refractivity contribution in [1.29, 1.82) is 0 Å². The molecular formula is C11H9ClN2O. The van der Waals surface area contributed by atoms with Crippen molar-refractivity contribution in [1.82, 2.24) is 0 Å². The molecule has 0 aliphatic heterocycles. The second-order valence-corrected chi connectivity index (χ2v) is 3.52. The predicted molar refractivity (Wildman–Crippen MR) is 60.3 cm³/mol. The molecule has 1 heterocycles. The summed E-state index contributed by atoms with van der Waals surface area (Å²) in [4.78, 5) is 0. The quantitative estimate of drug-likeness (QED) is 0.592. The van der Waals surface area contributed by atoms with Crippen molar-refractivity contribution in [3.63, 3.8) is 0 Å². The van der Waals surface area contributed by atoms with E-state index in [-0.39, 0.29) is 0 Å². The summed E-state index contributed by atoms with van der Waals surface area (Å²) in [6.45, 7) is 0. The minimum absolute atomic E-state index is 0.392. The minimum Gasteiger partial charge on any atom is -0.618 e. The summed E-state index contributed by atoms with van der Waals surface area (Å²) in [5.74, 6) is 0. The fourth-order valence-electron chi connectivity index (χ4n) is 1.43. The first-order valence-corrected chi connectivity index (χ1v) is 4.80. The van der Waals surface area contributed by atoms with Crippen LogP contribution in [0.15, 0.2) is 42.6 Å². The molecule has 2 aromatic rings. The molecule has 0 fully saturated rings. The van der Waals surface area contributed by atoms with Gasteiger partial charge in [0.05, 0.1) is 10.6 Å². The summed E-state index contributed by atoms with van der Waals surface area (Å²) in [5, 5.41) is 12.1. The number of anilines is 1. The van der Waals surface area contributed by atoms with E-state index >= 15 is 0 Å². The number of nitrogen functional groups attached to an aromatic ring is 1. The maximum Gasteiger partial charge on any atom is 0.248 e. The number of rotatable bonds is 1. The topological polar surface area (TPSA) is 53.0 Å². The van der Waals surface area contributed by atoms with Crippen molar-refractivity contribution in [2.75, 3.05) is 5.73 Å². The van der Waals surface area contributed by atoms with Crippen LogP contribution >= 0.6 is 11.6 Å². The molecule has 4 heteroatoms. The third kappa shape index (κ3) is 1.74. The van der Waals surface area contributed by atoms with Gasteiger partial charge in [-0.05, 0) is 18.2 Å². The van der Waals surface area contributed by atoms with Gasteiger partial charge < -0.3 is 10.9 Å². The zero-order valence-electron chi connectivity index (χ0n) is 7.85. The van der Waals surface area contributed by atoms with Crippen molar-refractivity contribution < 1.29 is 4.73 Å². The van der Waals surface area contributed by atoms with Crippen LogP contribution in [-0.2, 0) is 0 Å². The number of halogens is 1. The Labute approximate surface area is 92.3 Å². The molecule has 76 valence electrons. The number of pyridine rings is 1. The van der Waals surface area contributed by atoms with Gasteiger partial charge in [0.25, 0.3) is 0 Å². The summed E-state index contributed by atoms with van der Waals surface area (Å²) in [6.07, 6.45) is 1.40. The van der Waals surface area contributed by atoms with Gasteiger partial charge in [0.15, 0.2) is 6.20 Å². The van der Waals surface area contributed by atoms with Gasteiger partial charge in [0.1, 0.15) is 5.69 Å². The molecule has 0 saturated carbocycles. The maximum atomic E-state index is 11.6. The van der Waals surface area contributed by atoms with Crippen molar-refractivity contribution in [3.05, 3.63) is 52.8 Å². The van der Waals surface area contributed by atoms with Crippen LogP contribution in [0, 0.1) is 5.21 Å². The van der Waals surface area contributed by atoms with Crippen molar-refractivity contribution in [2.45, 2.75) is 0 Å². The van der Waals surface area contributed by atoms with Gasteiger partial charge in [-0.15, -0.1) is 0 Å². The zero-order chi connectivity index (χ0) is 10.8. The van der Waals surface area contributed by atoms with Crippen LogP contribution in [0.1, 0.15) is 0 Å². The van der Waals surface area contributed by atoms with Gasteiger partial charge in [-0.2, -0.15) is 4.73 Å². The molecule has 0 radical (unpaired) electrons. The second-order valence-electron chi connectivity index (χ2n) is 3.12. The van der Waals surface area contributed by atoms with E-state index in [4.69, 9.17) is 17.3 Å². The molecule has 0 atom stereocenters. The van der Waals surface area contributed by atoms with Crippen LogP contribution in [0.3, 0.4) is 0 Å². The fourth-order valence-corrected chi connectivity index (χ4v) is 1.66. The molecule has 1 aromatic carbocycles. The Bertz CT molecular complexity index is 479. The average molecular weight is 221 g/mol. The molecule has 0 saturated heterocycles. The van der Waals surface area contributed by atoms with E-state index in [1.54, 1.807) is 30.3 Å². The number of nitrogens with two attached hydrogens (primary N) is 1. The molecule has 2 N–H and O–H groups in total. The Morgan fingerprint density at radius 1 is 1.13 bits per heavy atom. The van der Waals surface area contributed by atoms with Crippen LogP contribution in [-0.4, -0.2) is 0 Å². The molecule has 1 aromatic heterocycles. The van der Waals surface area contributed by atoms with E-state index in [0.29, 0.717) is 22.0 Å². The number of benzene rings is 1. The molecule has 3 nitrogen and oxygen atoms in total. The Hall–Kier alpha value is -1.74. The van der Waals surface area contributed by atoms with Gasteiger partial charge in [-0.1, -0.05) is 23.7 Å². The van der Waals surface area contributed by atoms with E-state index in [1.807, 2.05) is 6.07 Å². The third-order valence-electron chi connectivity index (χ3n) is 2.12. The molecule has 0 spiro atoms. The Kier molecular flexibility index (Phi) is 2.47. The lowest BCUT2D eigenvalue weighted by molar-refractivity contribution is -0.593. The highest BCUT2D eigenvalue weighted by molar-refractivity contribution is 6.33. The molecule has 0 bridgehead atoms. The Morgan fingerprint density at radius 3 is 2.53 bits per heavy atom. The van der Waals surface area contributed by atoms with Crippen molar-refractivity contribution in [2.24, 2.45) is 0 Å². The lowest BCUT2D eigenvalue weighted by atomic mass is 10.1. The maximum absolute atomic E-state index is 11.6.